The summed E-state index contributed by atoms with van der Waals surface area (Å²) in [5.74, 6) is 0.588. The van der Waals surface area contributed by atoms with Gasteiger partial charge in [0.1, 0.15) is 5.75 Å². The van der Waals surface area contributed by atoms with Crippen LogP contribution in [0.1, 0.15) is 5.56 Å². The van der Waals surface area contributed by atoms with Crippen molar-refractivity contribution in [2.75, 3.05) is 0 Å². The minimum atomic E-state index is -0.147. The first kappa shape index (κ1) is 10.4. The number of rotatable bonds is 0. The molecule has 0 saturated heterocycles. The molecule has 2 rings (SSSR count). The van der Waals surface area contributed by atoms with Crippen molar-refractivity contribution in [2.45, 2.75) is 6.42 Å². The summed E-state index contributed by atoms with van der Waals surface area (Å²) in [7, 11) is 0. The molecule has 13 heavy (non-hydrogen) atoms. The predicted octanol–water partition coefficient (Wildman–Crippen LogP) is 2.96. The molecule has 5 heteroatoms. The second-order valence-corrected chi connectivity index (χ2v) is 5.93. The molecule has 0 bridgehead atoms. The second kappa shape index (κ2) is 3.80. The van der Waals surface area contributed by atoms with Crippen molar-refractivity contribution < 1.29 is 9.53 Å². The molecule has 1 heterocycles. The summed E-state index contributed by atoms with van der Waals surface area (Å²) in [5, 5.41) is 0. The standard InChI is InChI=1S/C8H3I3O2/c9-4-2-5-3(1-6(12)13-5)7(10)8(4)11/h2H,1H2. The smallest absolute Gasteiger partial charge is 0.315 e. The Balaban J connectivity index is 2.66. The molecule has 0 aromatic heterocycles. The Bertz CT molecular complexity index is 401. The molecule has 1 aromatic carbocycles. The van der Waals surface area contributed by atoms with Crippen LogP contribution in [0.25, 0.3) is 0 Å². The van der Waals surface area contributed by atoms with E-state index in [9.17, 15) is 4.79 Å². The highest BCUT2D eigenvalue weighted by Crippen LogP contribution is 2.35. The van der Waals surface area contributed by atoms with Crippen molar-refractivity contribution in [2.24, 2.45) is 0 Å². The lowest BCUT2D eigenvalue weighted by Crippen LogP contribution is -2.00. The van der Waals surface area contributed by atoms with E-state index in [2.05, 4.69) is 67.8 Å². The van der Waals surface area contributed by atoms with E-state index < -0.39 is 0 Å². The van der Waals surface area contributed by atoms with Crippen molar-refractivity contribution >= 4 is 73.7 Å². The first-order valence-electron chi connectivity index (χ1n) is 3.46. The molecule has 0 radical (unpaired) electrons. The van der Waals surface area contributed by atoms with Gasteiger partial charge in [-0.1, -0.05) is 0 Å². The van der Waals surface area contributed by atoms with Crippen LogP contribution < -0.4 is 4.74 Å². The summed E-state index contributed by atoms with van der Waals surface area (Å²) in [6.45, 7) is 0. The van der Waals surface area contributed by atoms with Crippen LogP contribution >= 0.6 is 67.8 Å². The number of fused-ring (bicyclic) bond motifs is 1. The van der Waals surface area contributed by atoms with Crippen molar-refractivity contribution in [3.63, 3.8) is 0 Å². The van der Waals surface area contributed by atoms with E-state index >= 15 is 0 Å². The van der Waals surface area contributed by atoms with Gasteiger partial charge in [0, 0.05) is 16.3 Å². The number of hydrogen-bond acceptors (Lipinski definition) is 2. The molecular formula is C8H3I3O2. The third-order valence-corrected chi connectivity index (χ3v) is 6.99. The number of ether oxygens (including phenoxy) is 1. The summed E-state index contributed by atoms with van der Waals surface area (Å²) < 4.78 is 8.56. The minimum Gasteiger partial charge on any atom is -0.426 e. The Morgan fingerprint density at radius 1 is 1.23 bits per heavy atom. The molecule has 0 spiro atoms. The zero-order valence-electron chi connectivity index (χ0n) is 6.23. The molecule has 0 aliphatic carbocycles. The van der Waals surface area contributed by atoms with E-state index in [4.69, 9.17) is 4.74 Å². The average Bonchev–Trinajstić information content (AvgIpc) is 2.42. The Morgan fingerprint density at radius 2 is 1.92 bits per heavy atom. The lowest BCUT2D eigenvalue weighted by molar-refractivity contribution is -0.131. The van der Waals surface area contributed by atoms with Gasteiger partial charge in [-0.15, -0.1) is 0 Å². The number of halogens is 3. The maximum atomic E-state index is 11.0. The van der Waals surface area contributed by atoms with Crippen LogP contribution in [-0.4, -0.2) is 5.97 Å². The molecule has 1 aliphatic rings. The Labute approximate surface area is 116 Å². The molecule has 0 N–H and O–H groups in total. The molecule has 0 saturated carbocycles. The first-order valence-corrected chi connectivity index (χ1v) is 6.70. The lowest BCUT2D eigenvalue weighted by Gasteiger charge is -2.04. The molecule has 0 amide bonds. The summed E-state index contributed by atoms with van der Waals surface area (Å²) >= 11 is 6.80. The maximum Gasteiger partial charge on any atom is 0.315 e. The van der Waals surface area contributed by atoms with Crippen LogP contribution in [0.5, 0.6) is 5.75 Å². The van der Waals surface area contributed by atoms with Gasteiger partial charge in [-0.3, -0.25) is 4.79 Å². The van der Waals surface area contributed by atoms with Gasteiger partial charge in [-0.25, -0.2) is 0 Å². The highest BCUT2D eigenvalue weighted by molar-refractivity contribution is 14.1. The highest BCUT2D eigenvalue weighted by Gasteiger charge is 2.25. The molecule has 68 valence electrons. The fraction of sp³-hybridized carbons (Fsp3) is 0.125. The van der Waals surface area contributed by atoms with Gasteiger partial charge >= 0.3 is 5.97 Å². The van der Waals surface area contributed by atoms with Gasteiger partial charge in [0.2, 0.25) is 0 Å². The van der Waals surface area contributed by atoms with Crippen LogP contribution in [0.2, 0.25) is 0 Å². The van der Waals surface area contributed by atoms with Crippen molar-refractivity contribution in [1.82, 2.24) is 0 Å². The SMILES string of the molecule is O=C1Cc2c(cc(I)c(I)c2I)O1. The summed E-state index contributed by atoms with van der Waals surface area (Å²) in [6, 6.07) is 1.92. The van der Waals surface area contributed by atoms with Crippen LogP contribution in [-0.2, 0) is 11.2 Å². The molecule has 1 aromatic rings. The van der Waals surface area contributed by atoms with Crippen LogP contribution in [0, 0.1) is 10.7 Å². The fourth-order valence-corrected chi connectivity index (χ4v) is 3.47. The number of esters is 1. The zero-order valence-corrected chi connectivity index (χ0v) is 12.7. The minimum absolute atomic E-state index is 0.147. The van der Waals surface area contributed by atoms with Gasteiger partial charge in [-0.05, 0) is 73.8 Å². The van der Waals surface area contributed by atoms with E-state index in [-0.39, 0.29) is 5.97 Å². The van der Waals surface area contributed by atoms with E-state index in [0.29, 0.717) is 6.42 Å². The monoisotopic (exact) mass is 512 g/mol. The molecule has 0 unspecified atom stereocenters. The lowest BCUT2D eigenvalue weighted by atomic mass is 10.2. The average molecular weight is 512 g/mol. The summed E-state index contributed by atoms with van der Waals surface area (Å²) in [4.78, 5) is 11.0. The number of hydrogen-bond donors (Lipinski definition) is 0. The van der Waals surface area contributed by atoms with E-state index in [0.717, 1.165) is 18.5 Å². The predicted molar refractivity (Wildman–Crippen MR) is 73.9 cm³/mol. The van der Waals surface area contributed by atoms with Crippen molar-refractivity contribution in [3.05, 3.63) is 22.3 Å². The third kappa shape index (κ3) is 1.83. The number of carbonyl (C=O) groups excluding carboxylic acids is 1. The summed E-state index contributed by atoms with van der Waals surface area (Å²) in [5.41, 5.74) is 1.04. The van der Waals surface area contributed by atoms with E-state index in [1.165, 1.54) is 3.57 Å². The van der Waals surface area contributed by atoms with Crippen molar-refractivity contribution in [1.29, 1.82) is 0 Å². The first-order chi connectivity index (χ1) is 6.09. The summed E-state index contributed by atoms with van der Waals surface area (Å²) in [6.07, 6.45) is 0.417. The van der Waals surface area contributed by atoms with Gasteiger partial charge in [0.15, 0.2) is 0 Å². The quantitative estimate of drug-likeness (QED) is 0.232. The van der Waals surface area contributed by atoms with Gasteiger partial charge in [-0.2, -0.15) is 0 Å². The molecular weight excluding hydrogens is 509 g/mol. The van der Waals surface area contributed by atoms with Crippen LogP contribution in [0.4, 0.5) is 0 Å². The molecule has 2 nitrogen and oxygen atoms in total. The molecule has 0 atom stereocenters. The number of carbonyl (C=O) groups is 1. The zero-order chi connectivity index (χ0) is 9.59. The largest absolute Gasteiger partial charge is 0.426 e. The Kier molecular flexibility index (Phi) is 3.04. The van der Waals surface area contributed by atoms with Gasteiger partial charge in [0.25, 0.3) is 0 Å². The third-order valence-electron chi connectivity index (χ3n) is 1.77. The van der Waals surface area contributed by atoms with Crippen molar-refractivity contribution in [3.8, 4) is 5.75 Å². The normalized spacial score (nSPS) is 14.2. The molecule has 0 fully saturated rings. The van der Waals surface area contributed by atoms with Gasteiger partial charge in [0.05, 0.1) is 6.42 Å². The van der Waals surface area contributed by atoms with Gasteiger partial charge < -0.3 is 4.74 Å². The van der Waals surface area contributed by atoms with E-state index in [1.807, 2.05) is 6.07 Å². The second-order valence-electron chi connectivity index (χ2n) is 2.61. The number of benzene rings is 1. The highest BCUT2D eigenvalue weighted by atomic mass is 127. The molecule has 1 aliphatic heterocycles. The topological polar surface area (TPSA) is 26.3 Å². The maximum absolute atomic E-state index is 11.0. The fourth-order valence-electron chi connectivity index (χ4n) is 1.17. The van der Waals surface area contributed by atoms with Crippen LogP contribution in [0.3, 0.4) is 0 Å². The Hall–Kier alpha value is 0.880. The van der Waals surface area contributed by atoms with E-state index in [1.54, 1.807) is 0 Å². The Morgan fingerprint density at radius 3 is 2.62 bits per heavy atom. The van der Waals surface area contributed by atoms with Crippen LogP contribution in [0.15, 0.2) is 6.07 Å².